The minimum atomic E-state index is -0.560. The van der Waals surface area contributed by atoms with E-state index in [0.29, 0.717) is 33.4 Å². The molecule has 3 aromatic rings. The quantitative estimate of drug-likeness (QED) is 0.450. The van der Waals surface area contributed by atoms with Gasteiger partial charge in [0.1, 0.15) is 10.6 Å². The van der Waals surface area contributed by atoms with Crippen molar-refractivity contribution in [2.75, 3.05) is 10.6 Å². The first-order chi connectivity index (χ1) is 13.8. The highest BCUT2D eigenvalue weighted by Gasteiger charge is 2.25. The zero-order valence-electron chi connectivity index (χ0n) is 16.2. The number of nitrogens with one attached hydrogen (secondary N) is 3. The molecule has 29 heavy (non-hydrogen) atoms. The fourth-order valence-electron chi connectivity index (χ4n) is 2.63. The van der Waals surface area contributed by atoms with Crippen LogP contribution in [0.15, 0.2) is 24.4 Å². The summed E-state index contributed by atoms with van der Waals surface area (Å²) in [5, 5.41) is 14.2. The Labute approximate surface area is 180 Å². The molecule has 8 nitrogen and oxygen atoms in total. The lowest BCUT2D eigenvalue weighted by Crippen LogP contribution is -2.26. The standard InChI is InChI=1S/C19H21ClN6O2S.2H2/c1-19(2,3)28-18(27)23-15-7-6-13(29-15)17-21-9-11(20)16(24-17)22-14-8-12(25-26-14)10-4-5-10;;/h6-10H,4-5H2,1-3H3,(H,23,27)(H2,21,22,24,25,26);2*1H. The second-order valence-corrected chi connectivity index (χ2v) is 9.28. The number of aromatic nitrogens is 4. The van der Waals surface area contributed by atoms with Crippen LogP contribution in [0.25, 0.3) is 10.7 Å². The predicted octanol–water partition coefficient (Wildman–Crippen LogP) is 6.04. The second-order valence-electron chi connectivity index (χ2n) is 7.79. The van der Waals surface area contributed by atoms with Gasteiger partial charge in [-0.2, -0.15) is 5.10 Å². The molecule has 0 spiro atoms. The Morgan fingerprint density at radius 3 is 2.90 bits per heavy atom. The molecule has 1 aliphatic rings. The number of hydrogen-bond acceptors (Lipinski definition) is 7. The molecule has 0 aromatic carbocycles. The molecule has 3 aromatic heterocycles. The number of rotatable bonds is 5. The highest BCUT2D eigenvalue weighted by atomic mass is 35.5. The molecule has 0 aliphatic heterocycles. The number of halogens is 1. The summed E-state index contributed by atoms with van der Waals surface area (Å²) in [6, 6.07) is 5.60. The number of ether oxygens (including phenoxy) is 1. The Morgan fingerprint density at radius 2 is 2.17 bits per heavy atom. The summed E-state index contributed by atoms with van der Waals surface area (Å²) in [7, 11) is 0. The van der Waals surface area contributed by atoms with Crippen LogP contribution in [0.2, 0.25) is 5.02 Å². The third-order valence-electron chi connectivity index (χ3n) is 4.06. The maximum absolute atomic E-state index is 11.9. The van der Waals surface area contributed by atoms with Crippen molar-refractivity contribution in [2.24, 2.45) is 0 Å². The maximum atomic E-state index is 11.9. The van der Waals surface area contributed by atoms with Gasteiger partial charge >= 0.3 is 6.09 Å². The highest BCUT2D eigenvalue weighted by molar-refractivity contribution is 7.19. The molecule has 1 amide bonds. The fraction of sp³-hybridized carbons (Fsp3) is 0.368. The van der Waals surface area contributed by atoms with E-state index in [1.54, 1.807) is 12.3 Å². The lowest BCUT2D eigenvalue weighted by Gasteiger charge is -2.19. The van der Waals surface area contributed by atoms with E-state index in [1.807, 2.05) is 32.9 Å². The van der Waals surface area contributed by atoms with Gasteiger partial charge in [-0.15, -0.1) is 11.3 Å². The van der Waals surface area contributed by atoms with Crippen molar-refractivity contribution in [1.29, 1.82) is 0 Å². The van der Waals surface area contributed by atoms with E-state index in [9.17, 15) is 4.79 Å². The summed E-state index contributed by atoms with van der Waals surface area (Å²) in [6.07, 6.45) is 3.42. The first-order valence-corrected chi connectivity index (χ1v) is 10.4. The first kappa shape index (κ1) is 19.7. The minimum Gasteiger partial charge on any atom is -0.444 e. The largest absolute Gasteiger partial charge is 0.444 e. The van der Waals surface area contributed by atoms with Crippen LogP contribution >= 0.6 is 22.9 Å². The Balaban J connectivity index is 0.00000171. The zero-order chi connectivity index (χ0) is 20.6. The van der Waals surface area contributed by atoms with Crippen LogP contribution < -0.4 is 10.6 Å². The lowest BCUT2D eigenvalue weighted by molar-refractivity contribution is 0.0636. The van der Waals surface area contributed by atoms with Crippen LogP contribution in [0.1, 0.15) is 48.1 Å². The van der Waals surface area contributed by atoms with Crippen LogP contribution in [0.3, 0.4) is 0 Å². The summed E-state index contributed by atoms with van der Waals surface area (Å²) in [5.74, 6) is 2.21. The van der Waals surface area contributed by atoms with Gasteiger partial charge in [0.25, 0.3) is 0 Å². The summed E-state index contributed by atoms with van der Waals surface area (Å²) in [6.45, 7) is 5.44. The number of thiophene rings is 1. The predicted molar refractivity (Wildman–Crippen MR) is 118 cm³/mol. The first-order valence-electron chi connectivity index (χ1n) is 9.22. The van der Waals surface area contributed by atoms with Crippen molar-refractivity contribution >= 4 is 45.7 Å². The van der Waals surface area contributed by atoms with Crippen molar-refractivity contribution in [1.82, 2.24) is 20.2 Å². The molecule has 10 heteroatoms. The average Bonchev–Trinajstić information content (AvgIpc) is 3.20. The molecule has 1 fully saturated rings. The molecular formula is C19H25ClN6O2S. The summed E-state index contributed by atoms with van der Waals surface area (Å²) >= 11 is 7.60. The van der Waals surface area contributed by atoms with Crippen LogP contribution in [-0.4, -0.2) is 31.9 Å². The third-order valence-corrected chi connectivity index (χ3v) is 5.33. The van der Waals surface area contributed by atoms with Gasteiger partial charge in [0.15, 0.2) is 17.5 Å². The molecule has 4 rings (SSSR count). The van der Waals surface area contributed by atoms with Gasteiger partial charge in [-0.25, -0.2) is 14.8 Å². The second kappa shape index (κ2) is 7.64. The number of H-pyrrole nitrogens is 1. The SMILES string of the molecule is CC(C)(C)OC(=O)Nc1ccc(-c2ncc(Cl)c(Nc3cc(C4CC4)[nH]n3)n2)s1.[HH].[HH]. The van der Waals surface area contributed by atoms with E-state index in [4.69, 9.17) is 16.3 Å². The van der Waals surface area contributed by atoms with E-state index in [2.05, 4.69) is 30.8 Å². The molecule has 156 valence electrons. The topological polar surface area (TPSA) is 105 Å². The molecule has 0 saturated heterocycles. The van der Waals surface area contributed by atoms with Gasteiger partial charge in [0.2, 0.25) is 0 Å². The maximum Gasteiger partial charge on any atom is 0.412 e. The molecule has 0 bridgehead atoms. The molecular weight excluding hydrogens is 412 g/mol. The third kappa shape index (κ3) is 5.04. The summed E-state index contributed by atoms with van der Waals surface area (Å²) in [5.41, 5.74) is 0.560. The van der Waals surface area contributed by atoms with Gasteiger partial charge < -0.3 is 10.1 Å². The van der Waals surface area contributed by atoms with Crippen LogP contribution in [-0.2, 0) is 4.74 Å². The monoisotopic (exact) mass is 436 g/mol. The van der Waals surface area contributed by atoms with Gasteiger partial charge in [0, 0.05) is 20.5 Å². The molecule has 3 N–H and O–H groups in total. The number of amides is 1. The number of carbonyl (C=O) groups excluding carboxylic acids is 1. The molecule has 3 heterocycles. The zero-order valence-corrected chi connectivity index (χ0v) is 17.8. The minimum absolute atomic E-state index is 0. The Hall–Kier alpha value is -2.65. The van der Waals surface area contributed by atoms with Crippen molar-refractivity contribution in [2.45, 2.75) is 45.1 Å². The highest BCUT2D eigenvalue weighted by Crippen LogP contribution is 2.40. The normalized spacial score (nSPS) is 13.9. The van der Waals surface area contributed by atoms with E-state index in [-0.39, 0.29) is 2.85 Å². The van der Waals surface area contributed by atoms with Gasteiger partial charge in [-0.1, -0.05) is 11.6 Å². The van der Waals surface area contributed by atoms with Gasteiger partial charge in [-0.3, -0.25) is 10.4 Å². The van der Waals surface area contributed by atoms with Gasteiger partial charge in [0.05, 0.1) is 16.1 Å². The van der Waals surface area contributed by atoms with Crippen molar-refractivity contribution in [3.8, 4) is 10.7 Å². The Bertz CT molecular complexity index is 1050. The molecule has 0 radical (unpaired) electrons. The van der Waals surface area contributed by atoms with E-state index in [1.165, 1.54) is 24.2 Å². The van der Waals surface area contributed by atoms with Crippen molar-refractivity contribution < 1.29 is 12.4 Å². The van der Waals surface area contributed by atoms with Crippen molar-refractivity contribution in [3.63, 3.8) is 0 Å². The van der Waals surface area contributed by atoms with E-state index in [0.717, 1.165) is 10.6 Å². The summed E-state index contributed by atoms with van der Waals surface area (Å²) in [4.78, 5) is 21.5. The number of anilines is 3. The molecule has 1 aliphatic carbocycles. The number of hydrogen-bond donors (Lipinski definition) is 3. The Morgan fingerprint density at radius 1 is 1.38 bits per heavy atom. The van der Waals surface area contributed by atoms with Gasteiger partial charge in [-0.05, 0) is 45.7 Å². The fourth-order valence-corrected chi connectivity index (χ4v) is 3.60. The number of carbonyl (C=O) groups is 1. The van der Waals surface area contributed by atoms with E-state index >= 15 is 0 Å². The van der Waals surface area contributed by atoms with Crippen LogP contribution in [0, 0.1) is 0 Å². The van der Waals surface area contributed by atoms with Crippen LogP contribution in [0.5, 0.6) is 0 Å². The number of nitrogens with zero attached hydrogens (tertiary/aromatic N) is 3. The Kier molecular flexibility index (Phi) is 5.18. The average molecular weight is 437 g/mol. The molecule has 0 atom stereocenters. The number of aromatic amines is 1. The lowest BCUT2D eigenvalue weighted by atomic mass is 10.2. The smallest absolute Gasteiger partial charge is 0.412 e. The molecule has 0 unspecified atom stereocenters. The van der Waals surface area contributed by atoms with E-state index < -0.39 is 11.7 Å². The van der Waals surface area contributed by atoms with Crippen molar-refractivity contribution in [3.05, 3.63) is 35.1 Å². The summed E-state index contributed by atoms with van der Waals surface area (Å²) < 4.78 is 5.27. The molecule has 1 saturated carbocycles. The van der Waals surface area contributed by atoms with Crippen LogP contribution in [0.4, 0.5) is 21.4 Å².